The second-order valence-electron chi connectivity index (χ2n) is 7.16. The van der Waals surface area contributed by atoms with Crippen LogP contribution in [0, 0.1) is 0 Å². The average Bonchev–Trinajstić information content (AvgIpc) is 3.30. The van der Waals surface area contributed by atoms with Crippen molar-refractivity contribution in [2.24, 2.45) is 14.1 Å². The lowest BCUT2D eigenvalue weighted by atomic mass is 10.2. The van der Waals surface area contributed by atoms with Gasteiger partial charge in [0.15, 0.2) is 17.0 Å². The molecule has 4 heterocycles. The topological polar surface area (TPSA) is 115 Å². The summed E-state index contributed by atoms with van der Waals surface area (Å²) in [4.78, 5) is 33.9. The molecule has 0 unspecified atom stereocenters. The van der Waals surface area contributed by atoms with Crippen molar-refractivity contribution in [3.63, 3.8) is 0 Å². The number of aryl methyl sites for hydroxylation is 2. The zero-order valence-corrected chi connectivity index (χ0v) is 17.4. The minimum Gasteiger partial charge on any atom is -0.357 e. The van der Waals surface area contributed by atoms with E-state index in [9.17, 15) is 9.59 Å². The summed E-state index contributed by atoms with van der Waals surface area (Å²) in [5.41, 5.74) is 1.28. The van der Waals surface area contributed by atoms with E-state index in [1.165, 1.54) is 9.13 Å². The first-order chi connectivity index (χ1) is 14.9. The van der Waals surface area contributed by atoms with E-state index in [2.05, 4.69) is 25.5 Å². The molecule has 0 amide bonds. The normalized spacial score (nSPS) is 11.5. The number of rotatable bonds is 4. The number of anilines is 2. The first kappa shape index (κ1) is 19.1. The Bertz CT molecular complexity index is 1560. The van der Waals surface area contributed by atoms with E-state index in [1.807, 2.05) is 18.2 Å². The van der Waals surface area contributed by atoms with Crippen molar-refractivity contribution < 1.29 is 0 Å². The van der Waals surface area contributed by atoms with Gasteiger partial charge in [0, 0.05) is 41.9 Å². The largest absolute Gasteiger partial charge is 0.357 e. The predicted octanol–water partition coefficient (Wildman–Crippen LogP) is 2.15. The molecule has 4 aromatic heterocycles. The molecule has 5 rings (SSSR count). The number of fused-ring (bicyclic) bond motifs is 2. The van der Waals surface area contributed by atoms with Crippen LogP contribution in [0.25, 0.3) is 22.1 Å². The maximum Gasteiger partial charge on any atom is 0.332 e. The first-order valence-electron chi connectivity index (χ1n) is 9.40. The van der Waals surface area contributed by atoms with E-state index < -0.39 is 11.2 Å². The molecule has 156 valence electrons. The number of nitrogens with one attached hydrogen (secondary N) is 2. The Kier molecular flexibility index (Phi) is 4.36. The zero-order chi connectivity index (χ0) is 21.7. The van der Waals surface area contributed by atoms with Crippen molar-refractivity contribution in [3.8, 4) is 0 Å². The molecule has 1 aromatic carbocycles. The number of hydrogen-bond donors (Lipinski definition) is 2. The lowest BCUT2D eigenvalue weighted by Gasteiger charge is -2.08. The van der Waals surface area contributed by atoms with Crippen LogP contribution in [0.15, 0.2) is 52.2 Å². The molecular formula is C20H17ClN8O2. The van der Waals surface area contributed by atoms with Gasteiger partial charge in [-0.15, -0.1) is 5.10 Å². The molecule has 0 aliphatic carbocycles. The van der Waals surface area contributed by atoms with Crippen molar-refractivity contribution in [1.29, 1.82) is 0 Å². The summed E-state index contributed by atoms with van der Waals surface area (Å²) in [6.07, 6.45) is 1.56. The van der Waals surface area contributed by atoms with Gasteiger partial charge >= 0.3 is 5.69 Å². The Labute approximate surface area is 179 Å². The van der Waals surface area contributed by atoms with Gasteiger partial charge in [-0.2, -0.15) is 10.1 Å². The summed E-state index contributed by atoms with van der Waals surface area (Å²) in [6.45, 7) is 0.0891. The number of imidazole rings is 1. The van der Waals surface area contributed by atoms with Gasteiger partial charge in [-0.1, -0.05) is 11.6 Å². The second kappa shape index (κ2) is 7.10. The number of benzene rings is 1. The van der Waals surface area contributed by atoms with Crippen molar-refractivity contribution in [1.82, 2.24) is 33.9 Å². The number of aromatic amines is 1. The number of aromatic nitrogens is 7. The van der Waals surface area contributed by atoms with Crippen molar-refractivity contribution >= 4 is 45.4 Å². The predicted molar refractivity (Wildman–Crippen MR) is 118 cm³/mol. The van der Waals surface area contributed by atoms with Crippen LogP contribution in [0.3, 0.4) is 0 Å². The third kappa shape index (κ3) is 3.17. The van der Waals surface area contributed by atoms with Crippen LogP contribution >= 0.6 is 11.6 Å². The van der Waals surface area contributed by atoms with E-state index in [0.717, 1.165) is 16.6 Å². The third-order valence-electron chi connectivity index (χ3n) is 5.14. The molecular weight excluding hydrogens is 420 g/mol. The van der Waals surface area contributed by atoms with Crippen LogP contribution in [0.4, 0.5) is 11.8 Å². The van der Waals surface area contributed by atoms with E-state index in [4.69, 9.17) is 11.6 Å². The first-order valence-corrected chi connectivity index (χ1v) is 9.78. The minimum atomic E-state index is -0.460. The van der Waals surface area contributed by atoms with E-state index in [0.29, 0.717) is 22.3 Å². The molecule has 0 fully saturated rings. The molecule has 0 aliphatic heterocycles. The highest BCUT2D eigenvalue weighted by Crippen LogP contribution is 2.21. The van der Waals surface area contributed by atoms with Gasteiger partial charge in [-0.05, 0) is 36.4 Å². The highest BCUT2D eigenvalue weighted by molar-refractivity contribution is 6.31. The lowest BCUT2D eigenvalue weighted by Crippen LogP contribution is -2.39. The molecule has 0 bridgehead atoms. The Balaban J connectivity index is 1.62. The van der Waals surface area contributed by atoms with Crippen LogP contribution in [0.1, 0.15) is 5.69 Å². The standard InChI is InChI=1S/C20H17ClN8O2/c1-27-16-17(25-19(27)24-15-4-3-7-22-26-15)28(2)20(31)29(18(16)30)10-13-9-11-8-12(21)5-6-14(11)23-13/h3-9,23H,10H2,1-2H3,(H,24,25,26). The minimum absolute atomic E-state index is 0.0891. The van der Waals surface area contributed by atoms with Gasteiger partial charge in [-0.3, -0.25) is 13.9 Å². The van der Waals surface area contributed by atoms with Gasteiger partial charge in [0.25, 0.3) is 5.56 Å². The van der Waals surface area contributed by atoms with E-state index in [-0.39, 0.29) is 12.2 Å². The van der Waals surface area contributed by atoms with Gasteiger partial charge < -0.3 is 14.9 Å². The maximum absolute atomic E-state index is 13.3. The molecule has 2 N–H and O–H groups in total. The van der Waals surface area contributed by atoms with Crippen molar-refractivity contribution in [2.45, 2.75) is 6.54 Å². The second-order valence-corrected chi connectivity index (χ2v) is 7.60. The summed E-state index contributed by atoms with van der Waals surface area (Å²) in [5, 5.41) is 12.3. The van der Waals surface area contributed by atoms with Crippen LogP contribution in [-0.4, -0.2) is 33.9 Å². The fourth-order valence-corrected chi connectivity index (χ4v) is 3.78. The fourth-order valence-electron chi connectivity index (χ4n) is 3.60. The molecule has 0 atom stereocenters. The molecule has 0 spiro atoms. The summed E-state index contributed by atoms with van der Waals surface area (Å²) in [5.74, 6) is 0.851. The summed E-state index contributed by atoms with van der Waals surface area (Å²) in [7, 11) is 3.29. The number of nitrogens with zero attached hydrogens (tertiary/aromatic N) is 6. The number of H-pyrrole nitrogens is 1. The molecule has 31 heavy (non-hydrogen) atoms. The Morgan fingerprint density at radius 1 is 1.13 bits per heavy atom. The van der Waals surface area contributed by atoms with Gasteiger partial charge in [0.05, 0.1) is 6.54 Å². The van der Waals surface area contributed by atoms with Crippen molar-refractivity contribution in [2.75, 3.05) is 5.32 Å². The van der Waals surface area contributed by atoms with E-state index in [1.54, 1.807) is 43.1 Å². The highest BCUT2D eigenvalue weighted by atomic mass is 35.5. The van der Waals surface area contributed by atoms with Gasteiger partial charge in [-0.25, -0.2) is 4.79 Å². The Morgan fingerprint density at radius 3 is 2.74 bits per heavy atom. The van der Waals surface area contributed by atoms with Crippen molar-refractivity contribution in [3.05, 3.63) is 74.1 Å². The molecule has 0 radical (unpaired) electrons. The number of halogens is 1. The number of hydrogen-bond acceptors (Lipinski definition) is 6. The summed E-state index contributed by atoms with van der Waals surface area (Å²) < 4.78 is 4.15. The molecule has 5 aromatic rings. The SMILES string of the molecule is Cn1c(Nc2cccnn2)nc2c1c(=O)n(Cc1cc3cc(Cl)ccc3[nH]1)c(=O)n2C. The van der Waals surface area contributed by atoms with Crippen LogP contribution in [0.5, 0.6) is 0 Å². The molecule has 11 heteroatoms. The quantitative estimate of drug-likeness (QED) is 0.446. The Hall–Kier alpha value is -3.92. The van der Waals surface area contributed by atoms with Gasteiger partial charge in [0.2, 0.25) is 5.95 Å². The van der Waals surface area contributed by atoms with Crippen LogP contribution in [0.2, 0.25) is 5.02 Å². The van der Waals surface area contributed by atoms with Crippen LogP contribution < -0.4 is 16.6 Å². The van der Waals surface area contributed by atoms with E-state index >= 15 is 0 Å². The van der Waals surface area contributed by atoms with Gasteiger partial charge in [0.1, 0.15) is 0 Å². The molecule has 0 saturated carbocycles. The maximum atomic E-state index is 13.3. The summed E-state index contributed by atoms with van der Waals surface area (Å²) in [6, 6.07) is 10.8. The fraction of sp³-hybridized carbons (Fsp3) is 0.150. The van der Waals surface area contributed by atoms with Crippen LogP contribution in [-0.2, 0) is 20.6 Å². The average molecular weight is 437 g/mol. The lowest BCUT2D eigenvalue weighted by molar-refractivity contribution is 0.648. The smallest absolute Gasteiger partial charge is 0.332 e. The molecule has 10 nitrogen and oxygen atoms in total. The molecule has 0 aliphatic rings. The zero-order valence-electron chi connectivity index (χ0n) is 16.6. The monoisotopic (exact) mass is 436 g/mol. The molecule has 0 saturated heterocycles. The third-order valence-corrected chi connectivity index (χ3v) is 5.37. The highest BCUT2D eigenvalue weighted by Gasteiger charge is 2.19. The Morgan fingerprint density at radius 2 is 1.97 bits per heavy atom. The summed E-state index contributed by atoms with van der Waals surface area (Å²) >= 11 is 6.06.